The van der Waals surface area contributed by atoms with Crippen molar-refractivity contribution in [1.29, 1.82) is 0 Å². The summed E-state index contributed by atoms with van der Waals surface area (Å²) in [5, 5.41) is 6.44. The molecule has 6 heteroatoms. The maximum absolute atomic E-state index is 5.67. The van der Waals surface area contributed by atoms with Crippen molar-refractivity contribution >= 4 is 17.5 Å². The smallest absolute Gasteiger partial charge is 0.229 e. The summed E-state index contributed by atoms with van der Waals surface area (Å²) in [6.07, 6.45) is 5.23. The third-order valence-electron chi connectivity index (χ3n) is 3.31. The van der Waals surface area contributed by atoms with Crippen molar-refractivity contribution in [2.24, 2.45) is 0 Å². The van der Waals surface area contributed by atoms with Crippen molar-refractivity contribution in [1.82, 2.24) is 15.0 Å². The third-order valence-corrected chi connectivity index (χ3v) is 3.31. The Morgan fingerprint density at radius 1 is 1.04 bits per heavy atom. The van der Waals surface area contributed by atoms with Crippen LogP contribution < -0.4 is 15.4 Å². The Balaban J connectivity index is 1.56. The van der Waals surface area contributed by atoms with Gasteiger partial charge in [0.15, 0.2) is 0 Å². The number of aromatic nitrogens is 3. The molecule has 0 bridgehead atoms. The summed E-state index contributed by atoms with van der Waals surface area (Å²) in [5.41, 5.74) is 1.88. The second-order valence-corrected chi connectivity index (χ2v) is 5.17. The van der Waals surface area contributed by atoms with Crippen molar-refractivity contribution < 1.29 is 4.74 Å². The van der Waals surface area contributed by atoms with Gasteiger partial charge in [-0.15, -0.1) is 0 Å². The fraction of sp³-hybridized carbons (Fsp3) is 0.167. The van der Waals surface area contributed by atoms with Crippen LogP contribution in [-0.4, -0.2) is 28.1 Å². The maximum atomic E-state index is 5.67. The second kappa shape index (κ2) is 7.92. The van der Waals surface area contributed by atoms with E-state index in [2.05, 4.69) is 25.6 Å². The summed E-state index contributed by atoms with van der Waals surface area (Å²) in [6.45, 7) is 3.18. The van der Waals surface area contributed by atoms with E-state index in [0.29, 0.717) is 19.1 Å². The van der Waals surface area contributed by atoms with E-state index in [1.165, 1.54) is 0 Å². The molecular weight excluding hydrogens is 302 g/mol. The van der Waals surface area contributed by atoms with Gasteiger partial charge in [-0.1, -0.05) is 18.2 Å². The minimum atomic E-state index is 0.540. The first-order chi connectivity index (χ1) is 11.8. The number of rotatable bonds is 7. The van der Waals surface area contributed by atoms with Gasteiger partial charge in [0, 0.05) is 29.8 Å². The molecule has 0 radical (unpaired) electrons. The molecule has 122 valence electrons. The minimum Gasteiger partial charge on any atom is -0.492 e. The predicted octanol–water partition coefficient (Wildman–Crippen LogP) is 3.41. The second-order valence-electron chi connectivity index (χ2n) is 5.17. The van der Waals surface area contributed by atoms with Gasteiger partial charge in [-0.05, 0) is 31.2 Å². The molecule has 0 aliphatic rings. The number of benzene rings is 1. The van der Waals surface area contributed by atoms with Crippen molar-refractivity contribution in [2.75, 3.05) is 23.8 Å². The summed E-state index contributed by atoms with van der Waals surface area (Å²) in [4.78, 5) is 12.8. The van der Waals surface area contributed by atoms with Gasteiger partial charge in [0.2, 0.25) is 5.95 Å². The number of anilines is 3. The lowest BCUT2D eigenvalue weighted by atomic mass is 10.3. The average Bonchev–Trinajstić information content (AvgIpc) is 2.63. The number of nitrogens with zero attached hydrogens (tertiary/aromatic N) is 3. The molecule has 0 fully saturated rings. The standard InChI is InChI=1S/C18H19N5O/c1-14-13-21-18(22-15-7-9-19-10-8-15)23-17(14)20-11-12-24-16-5-3-2-4-6-16/h2-10,13H,11-12H2,1H3,(H2,19,20,21,22,23). The molecule has 0 aliphatic carbocycles. The van der Waals surface area contributed by atoms with Gasteiger partial charge in [-0.3, -0.25) is 4.98 Å². The maximum Gasteiger partial charge on any atom is 0.229 e. The normalized spacial score (nSPS) is 10.2. The highest BCUT2D eigenvalue weighted by molar-refractivity contribution is 5.55. The number of para-hydroxylation sites is 1. The number of ether oxygens (including phenoxy) is 1. The zero-order valence-corrected chi connectivity index (χ0v) is 13.4. The first-order valence-corrected chi connectivity index (χ1v) is 7.74. The molecule has 3 rings (SSSR count). The molecule has 24 heavy (non-hydrogen) atoms. The molecule has 0 spiro atoms. The number of hydrogen-bond acceptors (Lipinski definition) is 6. The number of pyridine rings is 1. The molecule has 0 amide bonds. The van der Waals surface area contributed by atoms with Gasteiger partial charge in [-0.2, -0.15) is 4.98 Å². The zero-order chi connectivity index (χ0) is 16.6. The molecule has 2 heterocycles. The first kappa shape index (κ1) is 15.7. The van der Waals surface area contributed by atoms with Crippen LogP contribution in [-0.2, 0) is 0 Å². The van der Waals surface area contributed by atoms with Crippen molar-refractivity contribution in [3.8, 4) is 5.75 Å². The van der Waals surface area contributed by atoms with E-state index in [-0.39, 0.29) is 0 Å². The van der Waals surface area contributed by atoms with Crippen LogP contribution in [0.2, 0.25) is 0 Å². The topological polar surface area (TPSA) is 72.0 Å². The van der Waals surface area contributed by atoms with Crippen molar-refractivity contribution in [3.05, 3.63) is 66.6 Å². The first-order valence-electron chi connectivity index (χ1n) is 7.74. The SMILES string of the molecule is Cc1cnc(Nc2ccncc2)nc1NCCOc1ccccc1. The lowest BCUT2D eigenvalue weighted by Gasteiger charge is -2.11. The van der Waals surface area contributed by atoms with E-state index in [9.17, 15) is 0 Å². The third kappa shape index (κ3) is 4.42. The van der Waals surface area contributed by atoms with Gasteiger partial charge in [0.1, 0.15) is 18.2 Å². The lowest BCUT2D eigenvalue weighted by molar-refractivity contribution is 0.332. The van der Waals surface area contributed by atoms with Crippen LogP contribution in [0.25, 0.3) is 0 Å². The largest absolute Gasteiger partial charge is 0.492 e. The molecule has 2 N–H and O–H groups in total. The summed E-state index contributed by atoms with van der Waals surface area (Å²) in [5.74, 6) is 2.19. The Morgan fingerprint density at radius 2 is 1.83 bits per heavy atom. The number of nitrogens with one attached hydrogen (secondary N) is 2. The van der Waals surface area contributed by atoms with Gasteiger partial charge < -0.3 is 15.4 Å². The van der Waals surface area contributed by atoms with E-state index in [1.807, 2.05) is 49.4 Å². The Bertz CT molecular complexity index is 765. The number of aryl methyl sites for hydroxylation is 1. The molecule has 2 aromatic heterocycles. The van der Waals surface area contributed by atoms with E-state index in [4.69, 9.17) is 4.74 Å². The molecule has 3 aromatic rings. The summed E-state index contributed by atoms with van der Waals surface area (Å²) < 4.78 is 5.67. The zero-order valence-electron chi connectivity index (χ0n) is 13.4. The Kier molecular flexibility index (Phi) is 5.19. The van der Waals surface area contributed by atoms with E-state index < -0.39 is 0 Å². The fourth-order valence-electron chi connectivity index (χ4n) is 2.10. The van der Waals surface area contributed by atoms with Crippen molar-refractivity contribution in [2.45, 2.75) is 6.92 Å². The van der Waals surface area contributed by atoms with E-state index in [1.54, 1.807) is 18.6 Å². The summed E-state index contributed by atoms with van der Waals surface area (Å²) in [6, 6.07) is 13.5. The quantitative estimate of drug-likeness (QED) is 0.650. The van der Waals surface area contributed by atoms with Gasteiger partial charge >= 0.3 is 0 Å². The highest BCUT2D eigenvalue weighted by Crippen LogP contribution is 2.16. The molecule has 0 aliphatic heterocycles. The van der Waals surface area contributed by atoms with Crippen molar-refractivity contribution in [3.63, 3.8) is 0 Å². The van der Waals surface area contributed by atoms with E-state index in [0.717, 1.165) is 22.8 Å². The lowest BCUT2D eigenvalue weighted by Crippen LogP contribution is -2.14. The molecule has 6 nitrogen and oxygen atoms in total. The Hall–Kier alpha value is -3.15. The fourth-order valence-corrected chi connectivity index (χ4v) is 2.10. The van der Waals surface area contributed by atoms with E-state index >= 15 is 0 Å². The van der Waals surface area contributed by atoms with Gasteiger partial charge in [0.05, 0.1) is 6.54 Å². The molecule has 0 unspecified atom stereocenters. The predicted molar refractivity (Wildman–Crippen MR) is 94.7 cm³/mol. The monoisotopic (exact) mass is 321 g/mol. The highest BCUT2D eigenvalue weighted by atomic mass is 16.5. The number of hydrogen-bond donors (Lipinski definition) is 2. The van der Waals surface area contributed by atoms with Crippen LogP contribution in [0.3, 0.4) is 0 Å². The molecule has 1 aromatic carbocycles. The highest BCUT2D eigenvalue weighted by Gasteiger charge is 2.04. The Morgan fingerprint density at radius 3 is 2.62 bits per heavy atom. The minimum absolute atomic E-state index is 0.540. The molecule has 0 saturated heterocycles. The molecular formula is C18H19N5O. The van der Waals surface area contributed by atoms with Crippen LogP contribution >= 0.6 is 0 Å². The average molecular weight is 321 g/mol. The van der Waals surface area contributed by atoms with Crippen LogP contribution in [0, 0.1) is 6.92 Å². The molecule has 0 atom stereocenters. The summed E-state index contributed by atoms with van der Waals surface area (Å²) >= 11 is 0. The van der Waals surface area contributed by atoms with Crippen LogP contribution in [0.5, 0.6) is 5.75 Å². The van der Waals surface area contributed by atoms with Gasteiger partial charge in [-0.25, -0.2) is 4.98 Å². The van der Waals surface area contributed by atoms with Gasteiger partial charge in [0.25, 0.3) is 0 Å². The summed E-state index contributed by atoms with van der Waals surface area (Å²) in [7, 11) is 0. The van der Waals surface area contributed by atoms with Crippen LogP contribution in [0.4, 0.5) is 17.5 Å². The Labute approximate surface area is 141 Å². The molecule has 0 saturated carbocycles. The van der Waals surface area contributed by atoms with Crippen LogP contribution in [0.1, 0.15) is 5.56 Å². The van der Waals surface area contributed by atoms with Crippen LogP contribution in [0.15, 0.2) is 61.1 Å².